The monoisotopic (exact) mass is 405 g/mol. The zero-order valence-electron chi connectivity index (χ0n) is 12.1. The maximum atomic E-state index is 12.0. The highest BCUT2D eigenvalue weighted by atomic mass is 127. The van der Waals surface area contributed by atoms with Crippen LogP contribution in [0.3, 0.4) is 0 Å². The molecule has 1 aromatic rings. The smallest absolute Gasteiger partial charge is 0.303 e. The Bertz CT molecular complexity index is 516. The Hall–Kier alpha value is -1.31. The second kappa shape index (κ2) is 8.21. The normalized spacial score (nSPS) is 12.2. The molecule has 0 aliphatic carbocycles. The molecule has 0 bridgehead atoms. The Morgan fingerprint density at radius 1 is 1.33 bits per heavy atom. The van der Waals surface area contributed by atoms with Crippen molar-refractivity contribution in [2.75, 3.05) is 6.54 Å². The number of rotatable bonds is 7. The number of aromatic hydroxyl groups is 1. The van der Waals surface area contributed by atoms with Gasteiger partial charge in [-0.05, 0) is 59.0 Å². The number of phenolic OH excluding ortho intramolecular Hbond substituents is 1. The summed E-state index contributed by atoms with van der Waals surface area (Å²) in [4.78, 5) is 22.9. The van der Waals surface area contributed by atoms with E-state index < -0.39 is 5.97 Å². The van der Waals surface area contributed by atoms with Crippen LogP contribution in [0.15, 0.2) is 18.2 Å². The summed E-state index contributed by atoms with van der Waals surface area (Å²) in [7, 11) is 0. The molecule has 21 heavy (non-hydrogen) atoms. The molecule has 1 unspecified atom stereocenters. The summed E-state index contributed by atoms with van der Waals surface area (Å²) < 4.78 is 0.674. The first kappa shape index (κ1) is 17.7. The molecule has 0 spiro atoms. The van der Waals surface area contributed by atoms with Gasteiger partial charge in [0.05, 0.1) is 3.57 Å². The van der Waals surface area contributed by atoms with Crippen molar-refractivity contribution in [1.82, 2.24) is 5.32 Å². The molecular formula is C15H20INO4. The lowest BCUT2D eigenvalue weighted by Crippen LogP contribution is -2.31. The van der Waals surface area contributed by atoms with Crippen LogP contribution >= 0.6 is 22.6 Å². The molecule has 6 heteroatoms. The minimum atomic E-state index is -0.859. The van der Waals surface area contributed by atoms with Gasteiger partial charge in [0.1, 0.15) is 5.75 Å². The second-order valence-corrected chi connectivity index (χ2v) is 6.63. The van der Waals surface area contributed by atoms with Gasteiger partial charge < -0.3 is 15.5 Å². The third kappa shape index (κ3) is 6.33. The first-order chi connectivity index (χ1) is 9.79. The zero-order chi connectivity index (χ0) is 16.0. The Labute approximate surface area is 137 Å². The average molecular weight is 405 g/mol. The van der Waals surface area contributed by atoms with Crippen molar-refractivity contribution in [1.29, 1.82) is 0 Å². The average Bonchev–Trinajstić information content (AvgIpc) is 2.37. The van der Waals surface area contributed by atoms with Crippen LogP contribution in [0.1, 0.15) is 37.0 Å². The molecule has 116 valence electrons. The topological polar surface area (TPSA) is 86.6 Å². The number of carboxylic acid groups (broad SMARTS) is 1. The van der Waals surface area contributed by atoms with Gasteiger partial charge in [0.2, 0.25) is 0 Å². The highest BCUT2D eigenvalue weighted by Crippen LogP contribution is 2.20. The zero-order valence-corrected chi connectivity index (χ0v) is 14.3. The first-order valence-corrected chi connectivity index (χ1v) is 7.86. The molecule has 0 saturated carbocycles. The van der Waals surface area contributed by atoms with Crippen molar-refractivity contribution in [3.05, 3.63) is 27.3 Å². The minimum absolute atomic E-state index is 0.0381. The van der Waals surface area contributed by atoms with Crippen LogP contribution < -0.4 is 5.32 Å². The van der Waals surface area contributed by atoms with E-state index in [2.05, 4.69) is 5.32 Å². The number of nitrogens with one attached hydrogen (secondary N) is 1. The maximum Gasteiger partial charge on any atom is 0.303 e. The van der Waals surface area contributed by atoms with Gasteiger partial charge in [-0.2, -0.15) is 0 Å². The summed E-state index contributed by atoms with van der Waals surface area (Å²) in [6.07, 6.45) is 0.779. The fourth-order valence-corrected chi connectivity index (χ4v) is 2.48. The molecule has 3 N–H and O–H groups in total. The minimum Gasteiger partial charge on any atom is -0.507 e. The van der Waals surface area contributed by atoms with Crippen molar-refractivity contribution in [2.45, 2.75) is 26.7 Å². The molecule has 0 aliphatic heterocycles. The number of benzene rings is 1. The molecule has 1 rings (SSSR count). The molecule has 0 fully saturated rings. The van der Waals surface area contributed by atoms with Crippen molar-refractivity contribution in [3.8, 4) is 5.75 Å². The quantitative estimate of drug-likeness (QED) is 0.609. The summed E-state index contributed by atoms with van der Waals surface area (Å²) in [6, 6.07) is 4.70. The number of halogens is 1. The van der Waals surface area contributed by atoms with Crippen LogP contribution in [0, 0.1) is 15.4 Å². The standard InChI is InChI=1S/C15H20INO4/c1-9(2)5-10(6-14(19)20)8-17-15(21)11-3-4-12(16)13(18)7-11/h3-4,7,9-10,18H,5-6,8H2,1-2H3,(H,17,21)(H,19,20). The van der Waals surface area contributed by atoms with Crippen LogP contribution in [-0.2, 0) is 4.79 Å². The molecule has 0 radical (unpaired) electrons. The van der Waals surface area contributed by atoms with Gasteiger partial charge in [-0.15, -0.1) is 0 Å². The number of aliphatic carboxylic acids is 1. The number of carbonyl (C=O) groups is 2. The maximum absolute atomic E-state index is 12.0. The number of amides is 1. The van der Waals surface area contributed by atoms with E-state index in [9.17, 15) is 14.7 Å². The Kier molecular flexibility index (Phi) is 6.94. The third-order valence-corrected chi connectivity index (χ3v) is 3.94. The van der Waals surface area contributed by atoms with Crippen LogP contribution in [0.4, 0.5) is 0 Å². The van der Waals surface area contributed by atoms with Gasteiger partial charge in [0.15, 0.2) is 0 Å². The van der Waals surface area contributed by atoms with Crippen molar-refractivity contribution >= 4 is 34.5 Å². The molecular weight excluding hydrogens is 385 g/mol. The van der Waals surface area contributed by atoms with E-state index in [4.69, 9.17) is 5.11 Å². The van der Waals surface area contributed by atoms with E-state index in [1.54, 1.807) is 12.1 Å². The molecule has 0 heterocycles. The third-order valence-electron chi connectivity index (χ3n) is 3.03. The number of hydrogen-bond donors (Lipinski definition) is 3. The van der Waals surface area contributed by atoms with Crippen LogP contribution in [0.5, 0.6) is 5.75 Å². The van der Waals surface area contributed by atoms with Crippen LogP contribution in [0.25, 0.3) is 0 Å². The highest BCUT2D eigenvalue weighted by molar-refractivity contribution is 14.1. The molecule has 1 aromatic carbocycles. The van der Waals surface area contributed by atoms with Gasteiger partial charge in [0.25, 0.3) is 5.91 Å². The van der Waals surface area contributed by atoms with E-state index in [0.717, 1.165) is 6.42 Å². The van der Waals surface area contributed by atoms with Gasteiger partial charge in [0, 0.05) is 18.5 Å². The first-order valence-electron chi connectivity index (χ1n) is 6.78. The molecule has 0 saturated heterocycles. The SMILES string of the molecule is CC(C)CC(CNC(=O)c1ccc(I)c(O)c1)CC(=O)O. The fraction of sp³-hybridized carbons (Fsp3) is 0.467. The predicted molar refractivity (Wildman–Crippen MR) is 88.4 cm³/mol. The predicted octanol–water partition coefficient (Wildman–Crippen LogP) is 2.86. The lowest BCUT2D eigenvalue weighted by molar-refractivity contribution is -0.138. The van der Waals surface area contributed by atoms with Crippen LogP contribution in [0.2, 0.25) is 0 Å². The van der Waals surface area contributed by atoms with E-state index >= 15 is 0 Å². The molecule has 1 atom stereocenters. The summed E-state index contributed by atoms with van der Waals surface area (Å²) in [5.41, 5.74) is 0.367. The molecule has 5 nitrogen and oxygen atoms in total. The van der Waals surface area contributed by atoms with Gasteiger partial charge in [-0.3, -0.25) is 9.59 Å². The molecule has 1 amide bonds. The molecule has 0 aliphatic rings. The van der Waals surface area contributed by atoms with E-state index in [1.807, 2.05) is 36.4 Å². The van der Waals surface area contributed by atoms with Crippen molar-refractivity contribution < 1.29 is 19.8 Å². The lowest BCUT2D eigenvalue weighted by atomic mass is 9.94. The largest absolute Gasteiger partial charge is 0.507 e. The van der Waals surface area contributed by atoms with Gasteiger partial charge >= 0.3 is 5.97 Å². The Morgan fingerprint density at radius 3 is 2.52 bits per heavy atom. The van der Waals surface area contributed by atoms with Gasteiger partial charge in [-0.25, -0.2) is 0 Å². The lowest BCUT2D eigenvalue weighted by Gasteiger charge is -2.17. The number of hydrogen-bond acceptors (Lipinski definition) is 3. The van der Waals surface area contributed by atoms with E-state index in [-0.39, 0.29) is 24.0 Å². The highest BCUT2D eigenvalue weighted by Gasteiger charge is 2.17. The Morgan fingerprint density at radius 2 is 2.00 bits per heavy atom. The second-order valence-electron chi connectivity index (χ2n) is 5.47. The number of carbonyl (C=O) groups excluding carboxylic acids is 1. The van der Waals surface area contributed by atoms with Crippen molar-refractivity contribution in [3.63, 3.8) is 0 Å². The number of phenols is 1. The summed E-state index contributed by atoms with van der Waals surface area (Å²) in [5.74, 6) is -0.826. The summed E-state index contributed by atoms with van der Waals surface area (Å²) >= 11 is 1.98. The van der Waals surface area contributed by atoms with Gasteiger partial charge in [-0.1, -0.05) is 13.8 Å². The van der Waals surface area contributed by atoms with E-state index in [1.165, 1.54) is 6.07 Å². The van der Waals surface area contributed by atoms with Crippen LogP contribution in [-0.4, -0.2) is 28.6 Å². The summed E-state index contributed by atoms with van der Waals surface area (Å²) in [5, 5.41) is 21.2. The fourth-order valence-electron chi connectivity index (χ4n) is 2.15. The molecule has 0 aromatic heterocycles. The van der Waals surface area contributed by atoms with E-state index in [0.29, 0.717) is 21.6 Å². The number of carboxylic acids is 1. The Balaban J connectivity index is 2.63. The summed E-state index contributed by atoms with van der Waals surface area (Å²) in [6.45, 7) is 4.36. The van der Waals surface area contributed by atoms with Crippen molar-refractivity contribution in [2.24, 2.45) is 11.8 Å².